The van der Waals surface area contributed by atoms with Gasteiger partial charge in [-0.05, 0) is 43.4 Å². The Hall–Kier alpha value is -3.26. The van der Waals surface area contributed by atoms with E-state index in [0.717, 1.165) is 22.0 Å². The first-order valence-corrected chi connectivity index (χ1v) is 8.46. The summed E-state index contributed by atoms with van der Waals surface area (Å²) < 4.78 is 2.09. The number of H-pyrrole nitrogens is 2. The second-order valence-corrected chi connectivity index (χ2v) is 6.41. The summed E-state index contributed by atoms with van der Waals surface area (Å²) in [6.45, 7) is 2.08. The van der Waals surface area contributed by atoms with E-state index in [0.29, 0.717) is 16.3 Å². The van der Waals surface area contributed by atoms with Gasteiger partial charge in [0.05, 0.1) is 11.7 Å². The molecule has 0 atom stereocenters. The predicted molar refractivity (Wildman–Crippen MR) is 102 cm³/mol. The third-order valence-electron chi connectivity index (χ3n) is 4.06. The Labute approximate surface area is 154 Å². The zero-order chi connectivity index (χ0) is 18.1. The molecule has 2 aromatic carbocycles. The molecule has 0 fully saturated rings. The van der Waals surface area contributed by atoms with E-state index in [1.54, 1.807) is 10.8 Å². The van der Waals surface area contributed by atoms with Gasteiger partial charge < -0.3 is 5.32 Å². The van der Waals surface area contributed by atoms with Crippen LogP contribution in [0.3, 0.4) is 0 Å². The highest BCUT2D eigenvalue weighted by atomic mass is 32.1. The van der Waals surface area contributed by atoms with Gasteiger partial charge in [-0.1, -0.05) is 23.8 Å². The number of carbonyl (C=O) groups is 1. The SMILES string of the molecule is Cc1cccc(-c2n[nH]c(=S)n2CC(=O)Nc2ccc3[nH]ncc3c2)c1. The number of rotatable bonds is 4. The maximum atomic E-state index is 12.5. The van der Waals surface area contributed by atoms with E-state index in [9.17, 15) is 4.79 Å². The Morgan fingerprint density at radius 2 is 2.12 bits per heavy atom. The number of aromatic nitrogens is 5. The number of hydrogen-bond acceptors (Lipinski definition) is 4. The predicted octanol–water partition coefficient (Wildman–Crippen LogP) is 3.43. The van der Waals surface area contributed by atoms with Gasteiger partial charge in [-0.3, -0.25) is 19.6 Å². The smallest absolute Gasteiger partial charge is 0.244 e. The minimum absolute atomic E-state index is 0.0715. The highest BCUT2D eigenvalue weighted by molar-refractivity contribution is 7.71. The molecular weight excluding hydrogens is 348 g/mol. The molecule has 0 aliphatic rings. The quantitative estimate of drug-likeness (QED) is 0.484. The van der Waals surface area contributed by atoms with Crippen LogP contribution in [0.5, 0.6) is 0 Å². The molecule has 26 heavy (non-hydrogen) atoms. The fourth-order valence-corrected chi connectivity index (χ4v) is 3.03. The van der Waals surface area contributed by atoms with E-state index in [4.69, 9.17) is 12.2 Å². The van der Waals surface area contributed by atoms with Crippen molar-refractivity contribution in [2.24, 2.45) is 0 Å². The monoisotopic (exact) mass is 364 g/mol. The fourth-order valence-electron chi connectivity index (χ4n) is 2.83. The molecule has 4 aromatic rings. The summed E-state index contributed by atoms with van der Waals surface area (Å²) in [7, 11) is 0. The van der Waals surface area contributed by atoms with Crippen LogP contribution in [0.4, 0.5) is 5.69 Å². The zero-order valence-corrected chi connectivity index (χ0v) is 14.8. The summed E-state index contributed by atoms with van der Waals surface area (Å²) in [6.07, 6.45) is 1.72. The standard InChI is InChI=1S/C18H16N6OS/c1-11-3-2-4-12(7-11)17-22-23-18(26)24(17)10-16(25)20-14-5-6-15-13(8-14)9-19-21-15/h2-9H,10H2,1H3,(H,19,21)(H,20,25)(H,23,26). The summed E-state index contributed by atoms with van der Waals surface area (Å²) in [5.41, 5.74) is 3.64. The number of amides is 1. The average molecular weight is 364 g/mol. The Balaban J connectivity index is 1.58. The summed E-state index contributed by atoms with van der Waals surface area (Å²) >= 11 is 5.29. The molecule has 4 rings (SSSR count). The van der Waals surface area contributed by atoms with Crippen molar-refractivity contribution in [3.05, 3.63) is 59.0 Å². The van der Waals surface area contributed by atoms with Crippen LogP contribution >= 0.6 is 12.2 Å². The highest BCUT2D eigenvalue weighted by Crippen LogP contribution is 2.20. The number of benzene rings is 2. The molecule has 7 nitrogen and oxygen atoms in total. The summed E-state index contributed by atoms with van der Waals surface area (Å²) in [5.74, 6) is 0.457. The van der Waals surface area contributed by atoms with Crippen molar-refractivity contribution in [1.82, 2.24) is 25.0 Å². The van der Waals surface area contributed by atoms with Gasteiger partial charge in [0, 0.05) is 16.6 Å². The molecule has 0 aliphatic heterocycles. The van der Waals surface area contributed by atoms with Gasteiger partial charge in [0.1, 0.15) is 6.54 Å². The molecule has 0 radical (unpaired) electrons. The topological polar surface area (TPSA) is 91.4 Å². The third kappa shape index (κ3) is 3.14. The van der Waals surface area contributed by atoms with Crippen LogP contribution in [0.25, 0.3) is 22.3 Å². The molecule has 8 heteroatoms. The summed E-state index contributed by atoms with van der Waals surface area (Å²) in [6, 6.07) is 13.5. The molecule has 0 saturated heterocycles. The fraction of sp³-hybridized carbons (Fsp3) is 0.111. The number of nitrogens with zero attached hydrogens (tertiary/aromatic N) is 3. The summed E-state index contributed by atoms with van der Waals surface area (Å²) in [5, 5.41) is 17.7. The number of carbonyl (C=O) groups excluding carboxylic acids is 1. The first-order valence-electron chi connectivity index (χ1n) is 8.05. The molecule has 2 aromatic heterocycles. The van der Waals surface area contributed by atoms with Crippen LogP contribution in [-0.4, -0.2) is 30.9 Å². The lowest BCUT2D eigenvalue weighted by atomic mass is 10.1. The van der Waals surface area contributed by atoms with E-state index in [2.05, 4.69) is 25.7 Å². The van der Waals surface area contributed by atoms with Crippen LogP contribution in [0.15, 0.2) is 48.7 Å². The first kappa shape index (κ1) is 16.2. The molecule has 0 bridgehead atoms. The van der Waals surface area contributed by atoms with Gasteiger partial charge in [-0.25, -0.2) is 0 Å². The number of aromatic amines is 2. The highest BCUT2D eigenvalue weighted by Gasteiger charge is 2.13. The van der Waals surface area contributed by atoms with Crippen molar-refractivity contribution in [3.8, 4) is 11.4 Å². The van der Waals surface area contributed by atoms with Crippen molar-refractivity contribution >= 4 is 34.7 Å². The first-order chi connectivity index (χ1) is 12.6. The van der Waals surface area contributed by atoms with Gasteiger partial charge in [0.2, 0.25) is 5.91 Å². The Morgan fingerprint density at radius 1 is 1.23 bits per heavy atom. The average Bonchev–Trinajstić information content (AvgIpc) is 3.22. The normalized spacial score (nSPS) is 11.0. The number of aryl methyl sites for hydroxylation is 1. The van der Waals surface area contributed by atoms with Crippen LogP contribution in [0.1, 0.15) is 5.56 Å². The Morgan fingerprint density at radius 3 is 2.96 bits per heavy atom. The number of nitrogens with one attached hydrogen (secondary N) is 3. The number of hydrogen-bond donors (Lipinski definition) is 3. The van der Waals surface area contributed by atoms with Gasteiger partial charge in [0.15, 0.2) is 10.6 Å². The minimum Gasteiger partial charge on any atom is -0.325 e. The van der Waals surface area contributed by atoms with E-state index < -0.39 is 0 Å². The van der Waals surface area contributed by atoms with Crippen molar-refractivity contribution in [2.75, 3.05) is 5.32 Å². The lowest BCUT2D eigenvalue weighted by Gasteiger charge is -2.09. The van der Waals surface area contributed by atoms with Crippen LogP contribution < -0.4 is 5.32 Å². The lowest BCUT2D eigenvalue weighted by Crippen LogP contribution is -2.19. The Bertz CT molecular complexity index is 1160. The molecule has 0 spiro atoms. The molecule has 130 valence electrons. The van der Waals surface area contributed by atoms with Crippen molar-refractivity contribution < 1.29 is 4.79 Å². The van der Waals surface area contributed by atoms with Gasteiger partial charge in [-0.15, -0.1) is 0 Å². The lowest BCUT2D eigenvalue weighted by molar-refractivity contribution is -0.116. The van der Waals surface area contributed by atoms with E-state index in [1.807, 2.05) is 49.4 Å². The van der Waals surface area contributed by atoms with E-state index >= 15 is 0 Å². The molecule has 2 heterocycles. The third-order valence-corrected chi connectivity index (χ3v) is 4.37. The zero-order valence-electron chi connectivity index (χ0n) is 14.0. The van der Waals surface area contributed by atoms with Gasteiger partial charge in [-0.2, -0.15) is 10.2 Å². The van der Waals surface area contributed by atoms with Crippen molar-refractivity contribution in [3.63, 3.8) is 0 Å². The van der Waals surface area contributed by atoms with Gasteiger partial charge >= 0.3 is 0 Å². The molecule has 0 saturated carbocycles. The van der Waals surface area contributed by atoms with Crippen molar-refractivity contribution in [1.29, 1.82) is 0 Å². The van der Waals surface area contributed by atoms with Crippen LogP contribution in [0, 0.1) is 11.7 Å². The minimum atomic E-state index is -0.181. The molecule has 0 aliphatic carbocycles. The molecule has 0 unspecified atom stereocenters. The second kappa shape index (κ2) is 6.57. The van der Waals surface area contributed by atoms with E-state index in [-0.39, 0.29) is 12.5 Å². The summed E-state index contributed by atoms with van der Waals surface area (Å²) in [4.78, 5) is 12.5. The van der Waals surface area contributed by atoms with Gasteiger partial charge in [0.25, 0.3) is 0 Å². The largest absolute Gasteiger partial charge is 0.325 e. The molecule has 3 N–H and O–H groups in total. The molecule has 1 amide bonds. The molecular formula is C18H16N6OS. The maximum Gasteiger partial charge on any atom is 0.244 e. The van der Waals surface area contributed by atoms with Crippen molar-refractivity contribution in [2.45, 2.75) is 13.5 Å². The maximum absolute atomic E-state index is 12.5. The number of fused-ring (bicyclic) bond motifs is 1. The van der Waals surface area contributed by atoms with Crippen LogP contribution in [-0.2, 0) is 11.3 Å². The second-order valence-electron chi connectivity index (χ2n) is 6.03. The van der Waals surface area contributed by atoms with Crippen LogP contribution in [0.2, 0.25) is 0 Å². The van der Waals surface area contributed by atoms with E-state index in [1.165, 1.54) is 0 Å². The Kier molecular flexibility index (Phi) is 4.10. The number of anilines is 1.